The van der Waals surface area contributed by atoms with E-state index in [0.29, 0.717) is 12.6 Å². The van der Waals surface area contributed by atoms with Gasteiger partial charge in [0.1, 0.15) is 17.8 Å². The summed E-state index contributed by atoms with van der Waals surface area (Å²) in [6, 6.07) is 0. The largest absolute Gasteiger partial charge is 0.394 e. The van der Waals surface area contributed by atoms with Crippen LogP contribution in [0.3, 0.4) is 0 Å². The van der Waals surface area contributed by atoms with E-state index in [-0.39, 0.29) is 17.4 Å². The molecule has 1 aliphatic heterocycles. The lowest BCUT2D eigenvalue weighted by atomic mass is 10.00. The van der Waals surface area contributed by atoms with Crippen LogP contribution < -0.4 is 17.0 Å². The van der Waals surface area contributed by atoms with Crippen molar-refractivity contribution in [1.82, 2.24) is 14.6 Å². The van der Waals surface area contributed by atoms with Gasteiger partial charge >= 0.3 is 11.6 Å². The number of alkyl halides is 1. The maximum Gasteiger partial charge on any atom is 0.332 e. The van der Waals surface area contributed by atoms with Gasteiger partial charge in [0.15, 0.2) is 6.30 Å². The zero-order chi connectivity index (χ0) is 22.1. The van der Waals surface area contributed by atoms with E-state index >= 15 is 0 Å². The van der Waals surface area contributed by atoms with E-state index in [4.69, 9.17) is 10.5 Å². The molecule has 0 aromatic carbocycles. The average molecular weight is 422 g/mol. The van der Waals surface area contributed by atoms with Crippen molar-refractivity contribution in [2.24, 2.45) is 5.73 Å². The van der Waals surface area contributed by atoms with Crippen LogP contribution in [0.25, 0.3) is 0 Å². The molecule has 1 aliphatic rings. The third-order valence-electron chi connectivity index (χ3n) is 4.68. The highest BCUT2D eigenvalue weighted by Crippen LogP contribution is 2.44. The number of hydrogen-bond acceptors (Lipinski definition) is 10. The monoisotopic (exact) mass is 422 g/mol. The van der Waals surface area contributed by atoms with Gasteiger partial charge in [-0.3, -0.25) is 14.6 Å². The van der Waals surface area contributed by atoms with E-state index in [2.05, 4.69) is 0 Å². The Morgan fingerprint density at radius 3 is 2.62 bits per heavy atom. The first-order valence-electron chi connectivity index (χ1n) is 8.65. The van der Waals surface area contributed by atoms with Crippen LogP contribution in [0.2, 0.25) is 0 Å². The average Bonchev–Trinajstić information content (AvgIpc) is 2.87. The van der Waals surface area contributed by atoms with Gasteiger partial charge in [0.05, 0.1) is 6.61 Å². The Labute approximate surface area is 162 Å². The number of nitrogens with two attached hydrogens (primary N) is 1. The van der Waals surface area contributed by atoms with E-state index in [1.807, 2.05) is 0 Å². The number of amides is 1. The molecule has 13 nitrogen and oxygen atoms in total. The summed E-state index contributed by atoms with van der Waals surface area (Å²) in [6.45, 7) is 0.701. The summed E-state index contributed by atoms with van der Waals surface area (Å²) in [5.41, 5.74) is -1.95. The number of nitrogens with one attached hydrogen (secondary N) is 1. The molecule has 164 valence electrons. The van der Waals surface area contributed by atoms with Crippen LogP contribution in [0, 0.1) is 0 Å². The van der Waals surface area contributed by atoms with Crippen molar-refractivity contribution in [3.63, 3.8) is 0 Å². The maximum absolute atomic E-state index is 14.5. The van der Waals surface area contributed by atoms with Gasteiger partial charge in [-0.25, -0.2) is 13.8 Å². The van der Waals surface area contributed by atoms with Gasteiger partial charge in [-0.15, -0.1) is 5.06 Å². The molecule has 5 atom stereocenters. The Bertz CT molecular complexity index is 876. The van der Waals surface area contributed by atoms with Gasteiger partial charge in [-0.2, -0.15) is 0 Å². The van der Waals surface area contributed by atoms with Gasteiger partial charge in [0.25, 0.3) is 11.5 Å². The number of primary amides is 1. The molecule has 0 aliphatic carbocycles. The molecule has 0 spiro atoms. The number of nitrogens with zero attached hydrogens (tertiary/aromatic N) is 2. The predicted octanol–water partition coefficient (Wildman–Crippen LogP) is -3.14. The summed E-state index contributed by atoms with van der Waals surface area (Å²) in [7, 11) is 0. The molecule has 1 fully saturated rings. The Hall–Kier alpha value is -2.20. The van der Waals surface area contributed by atoms with Crippen molar-refractivity contribution in [1.29, 1.82) is 0 Å². The fraction of sp³-hybridized carbons (Fsp3) is 0.667. The Kier molecular flexibility index (Phi) is 6.58. The van der Waals surface area contributed by atoms with Crippen molar-refractivity contribution >= 4 is 5.91 Å². The third kappa shape index (κ3) is 3.59. The number of aromatic nitrogens is 2. The smallest absolute Gasteiger partial charge is 0.332 e. The summed E-state index contributed by atoms with van der Waals surface area (Å²) >= 11 is 0. The number of carbonyl (C=O) groups is 1. The minimum absolute atomic E-state index is 0.0448. The molecule has 2 rings (SSSR count). The number of ether oxygens (including phenoxy) is 1. The molecule has 8 N–H and O–H groups in total. The molecule has 14 heteroatoms. The summed E-state index contributed by atoms with van der Waals surface area (Å²) in [6.07, 6.45) is -5.64. The van der Waals surface area contributed by atoms with Crippen molar-refractivity contribution < 1.29 is 39.6 Å². The first-order valence-corrected chi connectivity index (χ1v) is 8.65. The summed E-state index contributed by atoms with van der Waals surface area (Å²) < 4.78 is 19.5. The van der Waals surface area contributed by atoms with Crippen LogP contribution in [-0.2, 0) is 10.6 Å². The second kappa shape index (κ2) is 8.27. The lowest BCUT2D eigenvalue weighted by Crippen LogP contribution is -2.70. The van der Waals surface area contributed by atoms with Crippen molar-refractivity contribution in [3.05, 3.63) is 32.6 Å². The van der Waals surface area contributed by atoms with Gasteiger partial charge < -0.3 is 36.1 Å². The van der Waals surface area contributed by atoms with Crippen LogP contribution >= 0.6 is 0 Å². The normalized spacial score (nSPS) is 30.6. The number of aliphatic hydroxyl groups is 4. The Morgan fingerprint density at radius 2 is 2.10 bits per heavy atom. The predicted molar refractivity (Wildman–Crippen MR) is 91.0 cm³/mol. The molecule has 1 unspecified atom stereocenters. The topological polar surface area (TPSA) is 212 Å². The van der Waals surface area contributed by atoms with Crippen molar-refractivity contribution in [2.75, 3.05) is 6.61 Å². The first kappa shape index (κ1) is 23.1. The number of aliphatic hydroxyl groups excluding tert-OH is 2. The molecule has 0 bridgehead atoms. The van der Waals surface area contributed by atoms with E-state index in [1.165, 1.54) is 0 Å². The molecule has 2 heterocycles. The highest BCUT2D eigenvalue weighted by molar-refractivity contribution is 5.91. The number of rotatable bonds is 8. The lowest BCUT2D eigenvalue weighted by molar-refractivity contribution is -0.428. The van der Waals surface area contributed by atoms with Gasteiger partial charge in [0, 0.05) is 6.20 Å². The van der Waals surface area contributed by atoms with Gasteiger partial charge in [0.2, 0.25) is 5.72 Å². The summed E-state index contributed by atoms with van der Waals surface area (Å²) in [5, 5.41) is 51.4. The number of carbonyl (C=O) groups excluding carboxylic acids is 1. The minimum Gasteiger partial charge on any atom is -0.394 e. The molecule has 1 aromatic heterocycles. The van der Waals surface area contributed by atoms with E-state index in [1.54, 1.807) is 11.9 Å². The van der Waals surface area contributed by atoms with E-state index in [9.17, 15) is 44.4 Å². The number of hydroxylamine groups is 2. The van der Waals surface area contributed by atoms with Crippen LogP contribution in [-0.4, -0.2) is 77.0 Å². The van der Waals surface area contributed by atoms with Gasteiger partial charge in [-0.05, 0) is 12.8 Å². The van der Waals surface area contributed by atoms with Crippen LogP contribution in [0.1, 0.15) is 36.5 Å². The Balaban J connectivity index is 2.69. The summed E-state index contributed by atoms with van der Waals surface area (Å²) in [5.74, 6) is -4.77. The number of aromatic amines is 1. The zero-order valence-corrected chi connectivity index (χ0v) is 15.4. The fourth-order valence-electron chi connectivity index (χ4n) is 3.05. The summed E-state index contributed by atoms with van der Waals surface area (Å²) in [4.78, 5) is 37.0. The van der Waals surface area contributed by atoms with Crippen LogP contribution in [0.4, 0.5) is 4.39 Å². The van der Waals surface area contributed by atoms with Crippen LogP contribution in [0.15, 0.2) is 15.8 Å². The minimum atomic E-state index is -3.45. The molecule has 0 radical (unpaired) electrons. The number of unbranched alkanes of at least 4 members (excludes halogenated alkanes) is 1. The SMILES string of the molecule is CCCCC(F)N(O)[C@@]1(O)[C@H](O)[C@@H](CO)O[C@]1(O)n1cc(C(N)=O)c(=O)[nH]c1=O. The first-order chi connectivity index (χ1) is 13.4. The lowest BCUT2D eigenvalue weighted by Gasteiger charge is -2.43. The zero-order valence-electron chi connectivity index (χ0n) is 15.4. The Morgan fingerprint density at radius 1 is 1.48 bits per heavy atom. The molecule has 1 aromatic rings. The number of halogens is 1. The number of H-pyrrole nitrogens is 1. The van der Waals surface area contributed by atoms with Crippen molar-refractivity contribution in [3.8, 4) is 0 Å². The molecular weight excluding hydrogens is 399 g/mol. The standard InChI is InChI=1S/C15H23FN4O9/c1-2-3-4-9(16)20(28)14(26)10(22)8(6-21)29-15(14,27)19-5-7(11(17)23)12(24)18-13(19)25/h5,8-10,21-22,26-28H,2-4,6H2,1H3,(H2,17,23)(H,18,24,25)/t8-,9?,10-,14-,15+/m1/s1. The molecule has 1 amide bonds. The fourth-order valence-corrected chi connectivity index (χ4v) is 3.05. The molecule has 0 saturated carbocycles. The van der Waals surface area contributed by atoms with Crippen LogP contribution in [0.5, 0.6) is 0 Å². The third-order valence-corrected chi connectivity index (χ3v) is 4.68. The van der Waals surface area contributed by atoms with Gasteiger partial charge in [-0.1, -0.05) is 13.3 Å². The highest BCUT2D eigenvalue weighted by Gasteiger charge is 2.71. The molecule has 1 saturated heterocycles. The van der Waals surface area contributed by atoms with Crippen molar-refractivity contribution in [2.45, 2.75) is 56.3 Å². The maximum atomic E-state index is 14.5. The second-order valence-corrected chi connectivity index (χ2v) is 6.58. The molecule has 29 heavy (non-hydrogen) atoms. The quantitative estimate of drug-likeness (QED) is 0.127. The second-order valence-electron chi connectivity index (χ2n) is 6.58. The highest BCUT2D eigenvalue weighted by atomic mass is 19.1. The molecular formula is C15H23FN4O9. The number of hydrogen-bond donors (Lipinski definition) is 7. The van der Waals surface area contributed by atoms with E-state index < -0.39 is 64.5 Å². The van der Waals surface area contributed by atoms with E-state index in [0.717, 1.165) is 0 Å².